The second-order valence-corrected chi connectivity index (χ2v) is 4.31. The molecule has 0 aliphatic heterocycles. The number of methoxy groups -OCH3 is 2. The van der Waals surface area contributed by atoms with E-state index in [1.165, 1.54) is 0 Å². The summed E-state index contributed by atoms with van der Waals surface area (Å²) in [5.74, 6) is 0. The van der Waals surface area contributed by atoms with E-state index in [0.29, 0.717) is 12.6 Å². The van der Waals surface area contributed by atoms with Crippen LogP contribution in [0.25, 0.3) is 0 Å². The summed E-state index contributed by atoms with van der Waals surface area (Å²) in [5, 5.41) is 3.38. The molecule has 0 rings (SSSR count). The molecule has 15 heavy (non-hydrogen) atoms. The molecule has 0 saturated carbocycles. The Bertz CT molecular complexity index is 154. The van der Waals surface area contributed by atoms with Crippen molar-refractivity contribution in [2.75, 3.05) is 27.3 Å². The molecule has 0 heterocycles. The fourth-order valence-corrected chi connectivity index (χ4v) is 1.53. The van der Waals surface area contributed by atoms with Gasteiger partial charge in [-0.05, 0) is 19.3 Å². The number of ether oxygens (including phenoxy) is 2. The van der Waals surface area contributed by atoms with Crippen LogP contribution in [-0.4, -0.2) is 49.0 Å². The zero-order chi connectivity index (χ0) is 11.7. The summed E-state index contributed by atoms with van der Waals surface area (Å²) in [4.78, 5) is 0. The Kier molecular flexibility index (Phi) is 8.27. The molecule has 1 unspecified atom stereocenters. The van der Waals surface area contributed by atoms with E-state index >= 15 is 0 Å². The summed E-state index contributed by atoms with van der Waals surface area (Å²) in [7, 11) is 6.73. The molecule has 0 aromatic carbocycles. The third-order valence-corrected chi connectivity index (χ3v) is 3.21. The van der Waals surface area contributed by atoms with Crippen molar-refractivity contribution in [3.05, 3.63) is 0 Å². The first-order valence-corrected chi connectivity index (χ1v) is 5.90. The second-order valence-electron chi connectivity index (χ2n) is 3.55. The SMILES string of the molecule is CCC(CCC([Si])(OC)OC)NCCN. The lowest BCUT2D eigenvalue weighted by molar-refractivity contribution is -0.147. The quantitative estimate of drug-likeness (QED) is 0.440. The van der Waals surface area contributed by atoms with Gasteiger partial charge in [-0.3, -0.25) is 0 Å². The molecular formula is C10H23N2O2Si. The van der Waals surface area contributed by atoms with Crippen molar-refractivity contribution in [2.45, 2.75) is 37.6 Å². The Morgan fingerprint density at radius 3 is 2.40 bits per heavy atom. The van der Waals surface area contributed by atoms with Crippen LogP contribution in [0.3, 0.4) is 0 Å². The van der Waals surface area contributed by atoms with Gasteiger partial charge in [0.1, 0.15) is 15.7 Å². The lowest BCUT2D eigenvalue weighted by Crippen LogP contribution is -2.38. The molecular weight excluding hydrogens is 208 g/mol. The summed E-state index contributed by atoms with van der Waals surface area (Å²) < 4.78 is 10.5. The summed E-state index contributed by atoms with van der Waals surface area (Å²) >= 11 is 0. The molecule has 0 aliphatic carbocycles. The van der Waals surface area contributed by atoms with Crippen LogP contribution in [0.2, 0.25) is 0 Å². The van der Waals surface area contributed by atoms with Crippen molar-refractivity contribution in [3.8, 4) is 0 Å². The maximum absolute atomic E-state index is 5.44. The Morgan fingerprint density at radius 2 is 2.00 bits per heavy atom. The molecule has 0 spiro atoms. The van der Waals surface area contributed by atoms with E-state index in [1.807, 2.05) is 0 Å². The Balaban J connectivity index is 3.87. The topological polar surface area (TPSA) is 56.5 Å². The highest BCUT2D eigenvalue weighted by molar-refractivity contribution is 6.13. The van der Waals surface area contributed by atoms with Crippen LogP contribution in [0.5, 0.6) is 0 Å². The maximum atomic E-state index is 5.44. The third kappa shape index (κ3) is 6.27. The number of hydrogen-bond donors (Lipinski definition) is 2. The van der Waals surface area contributed by atoms with E-state index in [9.17, 15) is 0 Å². The maximum Gasteiger partial charge on any atom is 0.143 e. The summed E-state index contributed by atoms with van der Waals surface area (Å²) in [6.45, 7) is 3.68. The predicted molar refractivity (Wildman–Crippen MR) is 62.9 cm³/mol. The van der Waals surface area contributed by atoms with Crippen molar-refractivity contribution in [1.82, 2.24) is 5.32 Å². The van der Waals surface area contributed by atoms with Gasteiger partial charge in [-0.15, -0.1) is 0 Å². The highest BCUT2D eigenvalue weighted by atomic mass is 28.1. The molecule has 1 atom stereocenters. The number of hydrogen-bond acceptors (Lipinski definition) is 4. The van der Waals surface area contributed by atoms with Gasteiger partial charge in [0.2, 0.25) is 0 Å². The van der Waals surface area contributed by atoms with Crippen LogP contribution in [0.1, 0.15) is 26.2 Å². The summed E-state index contributed by atoms with van der Waals surface area (Å²) in [5.41, 5.74) is 4.79. The fraction of sp³-hybridized carbons (Fsp3) is 1.00. The van der Waals surface area contributed by atoms with Crippen LogP contribution in [0.4, 0.5) is 0 Å². The molecule has 0 fully saturated rings. The Labute approximate surface area is 96.3 Å². The minimum atomic E-state index is -0.655. The van der Waals surface area contributed by atoms with Crippen LogP contribution >= 0.6 is 0 Å². The van der Waals surface area contributed by atoms with Crippen LogP contribution in [0, 0.1) is 0 Å². The minimum Gasteiger partial charge on any atom is -0.358 e. The number of nitrogens with two attached hydrogens (primary N) is 1. The van der Waals surface area contributed by atoms with Crippen molar-refractivity contribution in [2.24, 2.45) is 5.73 Å². The van der Waals surface area contributed by atoms with Gasteiger partial charge >= 0.3 is 0 Å². The van der Waals surface area contributed by atoms with Crippen LogP contribution < -0.4 is 11.1 Å². The molecule has 0 aromatic heterocycles. The zero-order valence-electron chi connectivity index (χ0n) is 10.0. The van der Waals surface area contributed by atoms with Crippen LogP contribution in [0.15, 0.2) is 0 Å². The van der Waals surface area contributed by atoms with E-state index in [-0.39, 0.29) is 0 Å². The van der Waals surface area contributed by atoms with E-state index in [0.717, 1.165) is 25.8 Å². The summed E-state index contributed by atoms with van der Waals surface area (Å²) in [6, 6.07) is 0.467. The lowest BCUT2D eigenvalue weighted by atomic mass is 10.1. The van der Waals surface area contributed by atoms with Gasteiger partial charge in [0.25, 0.3) is 0 Å². The molecule has 3 radical (unpaired) electrons. The largest absolute Gasteiger partial charge is 0.358 e. The minimum absolute atomic E-state index is 0.467. The first-order valence-electron chi connectivity index (χ1n) is 5.40. The first kappa shape index (κ1) is 15.1. The smallest absolute Gasteiger partial charge is 0.143 e. The van der Waals surface area contributed by atoms with E-state index in [4.69, 9.17) is 15.2 Å². The number of rotatable bonds is 9. The van der Waals surface area contributed by atoms with Crippen molar-refractivity contribution in [1.29, 1.82) is 0 Å². The molecule has 5 heteroatoms. The van der Waals surface area contributed by atoms with Gasteiger partial charge in [0, 0.05) is 33.4 Å². The molecule has 0 saturated heterocycles. The third-order valence-electron chi connectivity index (χ3n) is 2.55. The van der Waals surface area contributed by atoms with Crippen LogP contribution in [-0.2, 0) is 9.47 Å². The average molecular weight is 231 g/mol. The molecule has 89 valence electrons. The zero-order valence-corrected chi connectivity index (χ0v) is 11.0. The molecule has 0 amide bonds. The van der Waals surface area contributed by atoms with E-state index in [1.54, 1.807) is 14.2 Å². The highest BCUT2D eigenvalue weighted by Gasteiger charge is 2.23. The first-order chi connectivity index (χ1) is 7.11. The predicted octanol–water partition coefficient (Wildman–Crippen LogP) is 0.209. The van der Waals surface area contributed by atoms with Crippen molar-refractivity contribution >= 4 is 10.2 Å². The summed E-state index contributed by atoms with van der Waals surface area (Å²) in [6.07, 6.45) is 2.87. The van der Waals surface area contributed by atoms with Gasteiger partial charge < -0.3 is 20.5 Å². The van der Waals surface area contributed by atoms with Crippen molar-refractivity contribution in [3.63, 3.8) is 0 Å². The average Bonchev–Trinajstić information content (AvgIpc) is 2.29. The standard InChI is InChI=1S/C10H23N2O2Si/c1-4-9(12-8-7-11)5-6-10(15,13-2)14-3/h9,12H,4-8,11H2,1-3H3. The Morgan fingerprint density at radius 1 is 1.40 bits per heavy atom. The van der Waals surface area contributed by atoms with Gasteiger partial charge in [-0.25, -0.2) is 0 Å². The Hall–Kier alpha value is 0.0569. The van der Waals surface area contributed by atoms with Crippen molar-refractivity contribution < 1.29 is 9.47 Å². The van der Waals surface area contributed by atoms with Gasteiger partial charge in [0.05, 0.1) is 0 Å². The lowest BCUT2D eigenvalue weighted by Gasteiger charge is -2.28. The highest BCUT2D eigenvalue weighted by Crippen LogP contribution is 2.16. The van der Waals surface area contributed by atoms with Gasteiger partial charge in [-0.1, -0.05) is 6.92 Å². The molecule has 4 nitrogen and oxygen atoms in total. The van der Waals surface area contributed by atoms with E-state index < -0.39 is 5.41 Å². The van der Waals surface area contributed by atoms with Gasteiger partial charge in [0.15, 0.2) is 0 Å². The monoisotopic (exact) mass is 231 g/mol. The second kappa shape index (κ2) is 8.24. The fourth-order valence-electron chi connectivity index (χ4n) is 1.39. The molecule has 0 bridgehead atoms. The van der Waals surface area contributed by atoms with Gasteiger partial charge in [-0.2, -0.15) is 0 Å². The molecule has 0 aromatic rings. The normalized spacial score (nSPS) is 14.2. The number of nitrogens with one attached hydrogen (secondary N) is 1. The molecule has 0 aliphatic rings. The molecule has 3 N–H and O–H groups in total. The van der Waals surface area contributed by atoms with E-state index in [2.05, 4.69) is 22.5 Å².